The Labute approximate surface area is 128 Å². The molecule has 0 aliphatic heterocycles. The van der Waals surface area contributed by atoms with Crippen LogP contribution in [0.3, 0.4) is 0 Å². The second-order valence-electron chi connectivity index (χ2n) is 4.67. The van der Waals surface area contributed by atoms with Gasteiger partial charge in [-0.1, -0.05) is 6.07 Å². The lowest BCUT2D eigenvalue weighted by molar-refractivity contribution is 0.0463. The number of esters is 1. The highest BCUT2D eigenvalue weighted by molar-refractivity contribution is 5.96. The summed E-state index contributed by atoms with van der Waals surface area (Å²) in [5, 5.41) is 12.5. The van der Waals surface area contributed by atoms with Crippen molar-refractivity contribution in [2.24, 2.45) is 0 Å². The number of nitrogens with zero attached hydrogens (tertiary/aromatic N) is 3. The van der Waals surface area contributed by atoms with Crippen molar-refractivity contribution in [3.05, 3.63) is 53.2 Å². The van der Waals surface area contributed by atoms with E-state index in [-0.39, 0.29) is 29.3 Å². The second kappa shape index (κ2) is 5.95. The van der Waals surface area contributed by atoms with Crippen molar-refractivity contribution in [1.29, 1.82) is 0 Å². The topological polar surface area (TPSA) is 96.6 Å². The first-order chi connectivity index (χ1) is 11.1. The number of halogens is 2. The summed E-state index contributed by atoms with van der Waals surface area (Å²) in [6.07, 6.45) is 1.15. The van der Waals surface area contributed by atoms with E-state index < -0.39 is 17.6 Å². The molecule has 7 nitrogen and oxygen atoms in total. The van der Waals surface area contributed by atoms with Crippen LogP contribution in [0.2, 0.25) is 0 Å². The minimum Gasteiger partial charge on any atom is -0.454 e. The number of aromatic nitrogens is 5. The van der Waals surface area contributed by atoms with Crippen molar-refractivity contribution in [2.75, 3.05) is 0 Å². The van der Waals surface area contributed by atoms with Gasteiger partial charge in [0.15, 0.2) is 12.4 Å². The van der Waals surface area contributed by atoms with Crippen molar-refractivity contribution in [3.63, 3.8) is 0 Å². The molecule has 0 aliphatic rings. The Bertz CT molecular complexity index is 838. The maximum Gasteiger partial charge on any atom is 0.342 e. The summed E-state index contributed by atoms with van der Waals surface area (Å²) in [4.78, 5) is 16.1. The third kappa shape index (κ3) is 2.93. The molecule has 9 heteroatoms. The molecule has 0 spiro atoms. The summed E-state index contributed by atoms with van der Waals surface area (Å²) in [5.74, 6) is -1.55. The molecule has 0 saturated carbocycles. The first-order valence-corrected chi connectivity index (χ1v) is 6.59. The van der Waals surface area contributed by atoms with Gasteiger partial charge in [0.05, 0.1) is 17.5 Å². The van der Waals surface area contributed by atoms with Crippen LogP contribution in [0.1, 0.15) is 22.0 Å². The summed E-state index contributed by atoms with van der Waals surface area (Å²) < 4.78 is 32.7. The summed E-state index contributed by atoms with van der Waals surface area (Å²) >= 11 is 0. The quantitative estimate of drug-likeness (QED) is 0.718. The Morgan fingerprint density at radius 1 is 1.26 bits per heavy atom. The summed E-state index contributed by atoms with van der Waals surface area (Å²) in [7, 11) is 0. The molecule has 0 saturated heterocycles. The van der Waals surface area contributed by atoms with Gasteiger partial charge in [0.25, 0.3) is 0 Å². The van der Waals surface area contributed by atoms with E-state index in [0.717, 1.165) is 18.3 Å². The molecule has 0 fully saturated rings. The van der Waals surface area contributed by atoms with Crippen LogP contribution in [0.15, 0.2) is 24.4 Å². The lowest BCUT2D eigenvalue weighted by Crippen LogP contribution is -2.07. The van der Waals surface area contributed by atoms with E-state index in [1.165, 1.54) is 6.07 Å². The Hall–Kier alpha value is -3.10. The van der Waals surface area contributed by atoms with E-state index in [1.807, 2.05) is 0 Å². The maximum atomic E-state index is 13.8. The second-order valence-corrected chi connectivity index (χ2v) is 4.67. The SMILES string of the molecule is Cc1nc(COC(=O)c2cn[nH]c2-c2c(F)cccc2F)n[nH]1. The molecule has 3 rings (SSSR count). The largest absolute Gasteiger partial charge is 0.454 e. The lowest BCUT2D eigenvalue weighted by atomic mass is 10.1. The van der Waals surface area contributed by atoms with Crippen molar-refractivity contribution in [1.82, 2.24) is 25.4 Å². The first kappa shape index (κ1) is 14.8. The van der Waals surface area contributed by atoms with Gasteiger partial charge < -0.3 is 4.74 Å². The lowest BCUT2D eigenvalue weighted by Gasteiger charge is -2.06. The van der Waals surface area contributed by atoms with Gasteiger partial charge >= 0.3 is 5.97 Å². The van der Waals surface area contributed by atoms with Crippen LogP contribution in [0.4, 0.5) is 8.78 Å². The number of carbonyl (C=O) groups excluding carboxylic acids is 1. The molecule has 118 valence electrons. The van der Waals surface area contributed by atoms with E-state index in [9.17, 15) is 13.6 Å². The van der Waals surface area contributed by atoms with Crippen LogP contribution in [0.25, 0.3) is 11.3 Å². The number of rotatable bonds is 4. The summed E-state index contributed by atoms with van der Waals surface area (Å²) in [6.45, 7) is 1.53. The Balaban J connectivity index is 1.84. The number of H-pyrrole nitrogens is 2. The molecule has 0 atom stereocenters. The summed E-state index contributed by atoms with van der Waals surface area (Å²) in [5.41, 5.74) is -0.538. The van der Waals surface area contributed by atoms with Crippen molar-refractivity contribution in [2.45, 2.75) is 13.5 Å². The van der Waals surface area contributed by atoms with Gasteiger partial charge in [0, 0.05) is 0 Å². The average Bonchev–Trinajstić information content (AvgIpc) is 3.14. The van der Waals surface area contributed by atoms with Gasteiger partial charge in [-0.25, -0.2) is 18.6 Å². The fraction of sp³-hybridized carbons (Fsp3) is 0.143. The van der Waals surface area contributed by atoms with Gasteiger partial charge in [-0.05, 0) is 19.1 Å². The predicted octanol–water partition coefficient (Wildman–Crippen LogP) is 2.14. The zero-order valence-corrected chi connectivity index (χ0v) is 11.9. The maximum absolute atomic E-state index is 13.8. The number of benzene rings is 1. The molecular weight excluding hydrogens is 308 g/mol. The number of carbonyl (C=O) groups is 1. The molecule has 3 aromatic rings. The third-order valence-electron chi connectivity index (χ3n) is 3.05. The molecule has 2 N–H and O–H groups in total. The summed E-state index contributed by atoms with van der Waals surface area (Å²) in [6, 6.07) is 3.41. The Morgan fingerprint density at radius 2 is 2.00 bits per heavy atom. The highest BCUT2D eigenvalue weighted by Gasteiger charge is 2.22. The molecule has 0 amide bonds. The Morgan fingerprint density at radius 3 is 2.65 bits per heavy atom. The van der Waals surface area contributed by atoms with Crippen LogP contribution in [0.5, 0.6) is 0 Å². The first-order valence-electron chi connectivity index (χ1n) is 6.59. The van der Waals surface area contributed by atoms with Crippen molar-refractivity contribution < 1.29 is 18.3 Å². The number of nitrogens with one attached hydrogen (secondary N) is 2. The van der Waals surface area contributed by atoms with Crippen LogP contribution >= 0.6 is 0 Å². The molecule has 23 heavy (non-hydrogen) atoms. The van der Waals surface area contributed by atoms with Crippen LogP contribution < -0.4 is 0 Å². The normalized spacial score (nSPS) is 10.7. The van der Waals surface area contributed by atoms with Gasteiger partial charge in [-0.2, -0.15) is 10.2 Å². The minimum absolute atomic E-state index is 0.0822. The van der Waals surface area contributed by atoms with Gasteiger partial charge in [0.1, 0.15) is 23.0 Å². The molecule has 0 bridgehead atoms. The molecule has 1 aromatic carbocycles. The van der Waals surface area contributed by atoms with Gasteiger partial charge in [-0.3, -0.25) is 10.2 Å². The van der Waals surface area contributed by atoms with E-state index in [0.29, 0.717) is 5.82 Å². The van der Waals surface area contributed by atoms with Crippen LogP contribution in [-0.2, 0) is 11.3 Å². The van der Waals surface area contributed by atoms with Gasteiger partial charge in [0.2, 0.25) is 0 Å². The zero-order valence-electron chi connectivity index (χ0n) is 11.9. The predicted molar refractivity (Wildman–Crippen MR) is 74.2 cm³/mol. The van der Waals surface area contributed by atoms with E-state index in [2.05, 4.69) is 25.4 Å². The Kier molecular flexibility index (Phi) is 3.83. The molecule has 2 aromatic heterocycles. The molecule has 0 radical (unpaired) electrons. The average molecular weight is 319 g/mol. The smallest absolute Gasteiger partial charge is 0.342 e. The fourth-order valence-electron chi connectivity index (χ4n) is 2.03. The van der Waals surface area contributed by atoms with E-state index in [1.54, 1.807) is 6.92 Å². The van der Waals surface area contributed by atoms with E-state index >= 15 is 0 Å². The number of aryl methyl sites for hydroxylation is 1. The zero-order chi connectivity index (χ0) is 16.4. The third-order valence-corrected chi connectivity index (χ3v) is 3.05. The molecular formula is C14H11F2N5O2. The van der Waals surface area contributed by atoms with Crippen LogP contribution in [0, 0.1) is 18.6 Å². The highest BCUT2D eigenvalue weighted by atomic mass is 19.1. The monoisotopic (exact) mass is 319 g/mol. The highest BCUT2D eigenvalue weighted by Crippen LogP contribution is 2.27. The molecule has 0 unspecified atom stereocenters. The van der Waals surface area contributed by atoms with Crippen LogP contribution in [-0.4, -0.2) is 31.3 Å². The number of hydrogen-bond acceptors (Lipinski definition) is 5. The number of hydrogen-bond donors (Lipinski definition) is 2. The minimum atomic E-state index is -0.812. The van der Waals surface area contributed by atoms with E-state index in [4.69, 9.17) is 4.74 Å². The van der Waals surface area contributed by atoms with Gasteiger partial charge in [-0.15, -0.1) is 0 Å². The number of aromatic amines is 2. The van der Waals surface area contributed by atoms with Crippen molar-refractivity contribution >= 4 is 5.97 Å². The molecule has 0 aliphatic carbocycles. The van der Waals surface area contributed by atoms with Crippen molar-refractivity contribution in [3.8, 4) is 11.3 Å². The standard InChI is InChI=1S/C14H11F2N5O2/c1-7-18-11(20-19-7)6-23-14(22)8-5-17-21-13(8)12-9(15)3-2-4-10(12)16/h2-5H,6H2,1H3,(H,17,21)(H,18,19,20). The fourth-order valence-corrected chi connectivity index (χ4v) is 2.03. The number of ether oxygens (including phenoxy) is 1. The molecule has 2 heterocycles.